The standard InChI is InChI=1S/C27H29N3O4/c1-27(2)13-17-23(18(31)14-27)22(16-11-20(33-4)21(34-5)12-19(16)32-3)24-25(29-30-26(24)28-17)15-9-7-6-8-10-15/h6-12,22H,13-14H2,1-5H3,(H2,28,29,30)/t22-/m1/s1. The third-order valence-electron chi connectivity index (χ3n) is 6.68. The van der Waals surface area contributed by atoms with Gasteiger partial charge in [0.25, 0.3) is 0 Å². The molecule has 3 aromatic rings. The molecule has 0 saturated carbocycles. The maximum absolute atomic E-state index is 13.7. The Morgan fingerprint density at radius 3 is 2.29 bits per heavy atom. The highest BCUT2D eigenvalue weighted by molar-refractivity contribution is 6.02. The molecule has 1 aromatic heterocycles. The Balaban J connectivity index is 1.80. The van der Waals surface area contributed by atoms with Crippen molar-refractivity contribution in [2.75, 3.05) is 26.6 Å². The summed E-state index contributed by atoms with van der Waals surface area (Å²) >= 11 is 0. The van der Waals surface area contributed by atoms with Gasteiger partial charge in [-0.2, -0.15) is 5.10 Å². The van der Waals surface area contributed by atoms with Crippen molar-refractivity contribution in [2.45, 2.75) is 32.6 Å². The van der Waals surface area contributed by atoms with Gasteiger partial charge in [-0.05, 0) is 23.5 Å². The molecule has 0 saturated heterocycles. The Labute approximate surface area is 199 Å². The summed E-state index contributed by atoms with van der Waals surface area (Å²) in [4.78, 5) is 13.7. The van der Waals surface area contributed by atoms with Crippen LogP contribution in [0.15, 0.2) is 53.7 Å². The second-order valence-electron chi connectivity index (χ2n) is 9.57. The van der Waals surface area contributed by atoms with E-state index in [0.717, 1.165) is 45.9 Å². The molecule has 2 aliphatic rings. The highest BCUT2D eigenvalue weighted by Crippen LogP contribution is 2.53. The summed E-state index contributed by atoms with van der Waals surface area (Å²) in [6.45, 7) is 4.25. The molecular weight excluding hydrogens is 430 g/mol. The minimum absolute atomic E-state index is 0.131. The van der Waals surface area contributed by atoms with Crippen molar-refractivity contribution >= 4 is 11.6 Å². The number of methoxy groups -OCH3 is 3. The molecule has 7 heteroatoms. The molecule has 34 heavy (non-hydrogen) atoms. The topological polar surface area (TPSA) is 85.5 Å². The highest BCUT2D eigenvalue weighted by atomic mass is 16.5. The number of benzene rings is 2. The van der Waals surface area contributed by atoms with Crippen LogP contribution < -0.4 is 19.5 Å². The zero-order valence-corrected chi connectivity index (χ0v) is 20.1. The van der Waals surface area contributed by atoms with Crippen molar-refractivity contribution in [3.8, 4) is 28.5 Å². The van der Waals surface area contributed by atoms with E-state index in [1.807, 2.05) is 42.5 Å². The van der Waals surface area contributed by atoms with E-state index in [1.54, 1.807) is 21.3 Å². The number of hydrogen-bond acceptors (Lipinski definition) is 6. The van der Waals surface area contributed by atoms with Gasteiger partial charge in [0.15, 0.2) is 23.1 Å². The predicted octanol–water partition coefficient (Wildman–Crippen LogP) is 5.30. The summed E-state index contributed by atoms with van der Waals surface area (Å²) in [7, 11) is 4.83. The molecule has 0 unspecified atom stereocenters. The Morgan fingerprint density at radius 2 is 1.62 bits per heavy atom. The first-order chi connectivity index (χ1) is 16.4. The number of fused-ring (bicyclic) bond motifs is 1. The van der Waals surface area contributed by atoms with Gasteiger partial charge in [0.2, 0.25) is 0 Å². The monoisotopic (exact) mass is 459 g/mol. The third kappa shape index (κ3) is 3.52. The second-order valence-corrected chi connectivity index (χ2v) is 9.57. The molecule has 2 aromatic carbocycles. The van der Waals surface area contributed by atoms with Crippen LogP contribution in [0.25, 0.3) is 11.3 Å². The van der Waals surface area contributed by atoms with Gasteiger partial charge in [-0.1, -0.05) is 44.2 Å². The summed E-state index contributed by atoms with van der Waals surface area (Å²) in [5.74, 6) is 2.25. The SMILES string of the molecule is COc1cc(OC)c([C@@H]2C3=C(CC(C)(C)CC3=O)Nc3n[nH]c(-c4ccccc4)c32)cc1OC. The van der Waals surface area contributed by atoms with E-state index < -0.39 is 0 Å². The quantitative estimate of drug-likeness (QED) is 0.538. The van der Waals surface area contributed by atoms with Crippen LogP contribution in [0.2, 0.25) is 0 Å². The van der Waals surface area contributed by atoms with Gasteiger partial charge >= 0.3 is 0 Å². The molecule has 176 valence electrons. The molecule has 0 bridgehead atoms. The number of ketones is 1. The van der Waals surface area contributed by atoms with Crippen LogP contribution in [-0.2, 0) is 4.79 Å². The molecular formula is C27H29N3O4. The summed E-state index contributed by atoms with van der Waals surface area (Å²) in [5.41, 5.74) is 5.16. The zero-order valence-electron chi connectivity index (χ0n) is 20.1. The van der Waals surface area contributed by atoms with Gasteiger partial charge in [-0.15, -0.1) is 0 Å². The van der Waals surface area contributed by atoms with Crippen LogP contribution in [0, 0.1) is 5.41 Å². The van der Waals surface area contributed by atoms with Crippen LogP contribution in [-0.4, -0.2) is 37.3 Å². The van der Waals surface area contributed by atoms with Crippen LogP contribution >= 0.6 is 0 Å². The number of carbonyl (C=O) groups is 1. The van der Waals surface area contributed by atoms with E-state index in [2.05, 4.69) is 29.4 Å². The van der Waals surface area contributed by atoms with Gasteiger partial charge in [0.1, 0.15) is 5.75 Å². The fraction of sp³-hybridized carbons (Fsp3) is 0.333. The Hall–Kier alpha value is -3.74. The van der Waals surface area contributed by atoms with E-state index in [0.29, 0.717) is 23.7 Å². The van der Waals surface area contributed by atoms with Crippen molar-refractivity contribution in [3.63, 3.8) is 0 Å². The molecule has 0 radical (unpaired) electrons. The number of aromatic amines is 1. The van der Waals surface area contributed by atoms with Gasteiger partial charge in [-0.3, -0.25) is 9.89 Å². The van der Waals surface area contributed by atoms with E-state index >= 15 is 0 Å². The number of Topliss-reactive ketones (excluding diaryl/α,β-unsaturated/α-hetero) is 1. The fourth-order valence-electron chi connectivity index (χ4n) is 5.21. The molecule has 1 aliphatic heterocycles. The maximum Gasteiger partial charge on any atom is 0.164 e. The van der Waals surface area contributed by atoms with Crippen LogP contribution in [0.3, 0.4) is 0 Å². The fourth-order valence-corrected chi connectivity index (χ4v) is 5.21. The highest BCUT2D eigenvalue weighted by Gasteiger charge is 2.44. The van der Waals surface area contributed by atoms with Gasteiger partial charge < -0.3 is 19.5 Å². The van der Waals surface area contributed by atoms with Crippen LogP contribution in [0.5, 0.6) is 17.2 Å². The van der Waals surface area contributed by atoms with E-state index in [1.165, 1.54) is 0 Å². The number of hydrogen-bond donors (Lipinski definition) is 2. The number of aromatic nitrogens is 2. The van der Waals surface area contributed by atoms with Crippen molar-refractivity contribution < 1.29 is 19.0 Å². The normalized spacial score (nSPS) is 18.6. The molecule has 7 nitrogen and oxygen atoms in total. The number of H-pyrrole nitrogens is 1. The molecule has 0 amide bonds. The Bertz CT molecular complexity index is 1290. The first-order valence-electron chi connectivity index (χ1n) is 11.3. The summed E-state index contributed by atoms with van der Waals surface area (Å²) in [6, 6.07) is 13.8. The van der Waals surface area contributed by atoms with Crippen molar-refractivity contribution in [3.05, 3.63) is 64.9 Å². The number of anilines is 1. The number of carbonyl (C=O) groups excluding carboxylic acids is 1. The molecule has 0 spiro atoms. The molecule has 5 rings (SSSR count). The van der Waals surface area contributed by atoms with Gasteiger partial charge in [-0.25, -0.2) is 0 Å². The smallest absolute Gasteiger partial charge is 0.164 e. The lowest BCUT2D eigenvalue weighted by Gasteiger charge is -2.38. The number of nitrogens with one attached hydrogen (secondary N) is 2. The molecule has 0 fully saturated rings. The first-order valence-corrected chi connectivity index (χ1v) is 11.3. The van der Waals surface area contributed by atoms with Gasteiger partial charge in [0.05, 0.1) is 27.0 Å². The number of allylic oxidation sites excluding steroid dienone is 2. The number of rotatable bonds is 5. The second kappa shape index (κ2) is 8.24. The number of nitrogens with zero attached hydrogens (tertiary/aromatic N) is 1. The molecule has 1 atom stereocenters. The molecule has 2 heterocycles. The van der Waals surface area contributed by atoms with Crippen LogP contribution in [0.1, 0.15) is 43.7 Å². The summed E-state index contributed by atoms with van der Waals surface area (Å²) in [5, 5.41) is 11.3. The van der Waals surface area contributed by atoms with E-state index in [4.69, 9.17) is 14.2 Å². The summed E-state index contributed by atoms with van der Waals surface area (Å²) in [6.07, 6.45) is 1.24. The van der Waals surface area contributed by atoms with Crippen molar-refractivity contribution in [1.29, 1.82) is 0 Å². The van der Waals surface area contributed by atoms with E-state index in [9.17, 15) is 4.79 Å². The lowest BCUT2D eigenvalue weighted by molar-refractivity contribution is -0.118. The van der Waals surface area contributed by atoms with Gasteiger partial charge in [0, 0.05) is 40.8 Å². The minimum Gasteiger partial charge on any atom is -0.496 e. The number of ether oxygens (including phenoxy) is 3. The van der Waals surface area contributed by atoms with Crippen molar-refractivity contribution in [2.24, 2.45) is 5.41 Å². The lowest BCUT2D eigenvalue weighted by Crippen LogP contribution is -2.33. The molecule has 1 aliphatic carbocycles. The average molecular weight is 460 g/mol. The Kier molecular flexibility index (Phi) is 5.35. The molecule has 2 N–H and O–H groups in total. The van der Waals surface area contributed by atoms with Crippen molar-refractivity contribution in [1.82, 2.24) is 10.2 Å². The predicted molar refractivity (Wildman–Crippen MR) is 131 cm³/mol. The zero-order chi connectivity index (χ0) is 24.0. The average Bonchev–Trinajstić information content (AvgIpc) is 3.25. The third-order valence-corrected chi connectivity index (χ3v) is 6.68. The van der Waals surface area contributed by atoms with E-state index in [-0.39, 0.29) is 17.1 Å². The maximum atomic E-state index is 13.7. The summed E-state index contributed by atoms with van der Waals surface area (Å²) < 4.78 is 16.9. The van der Waals surface area contributed by atoms with Crippen LogP contribution in [0.4, 0.5) is 5.82 Å². The Morgan fingerprint density at radius 1 is 0.941 bits per heavy atom. The first kappa shape index (κ1) is 22.1. The minimum atomic E-state index is -0.376. The lowest BCUT2D eigenvalue weighted by atomic mass is 9.68. The largest absolute Gasteiger partial charge is 0.496 e.